The van der Waals surface area contributed by atoms with E-state index in [-0.39, 0.29) is 12.0 Å². The zero-order valence-electron chi connectivity index (χ0n) is 14.9. The van der Waals surface area contributed by atoms with Gasteiger partial charge < -0.3 is 20.7 Å². The van der Waals surface area contributed by atoms with Crippen molar-refractivity contribution in [1.29, 1.82) is 0 Å². The number of ether oxygens (including phenoxy) is 1. The first kappa shape index (κ1) is 19.7. The topological polar surface area (TPSA) is 74.8 Å². The monoisotopic (exact) mass is 410 g/mol. The molecular formula is C18H27BrN4O2. The molecule has 0 bridgehead atoms. The normalized spacial score (nSPS) is 17.4. The minimum atomic E-state index is -0.0244. The van der Waals surface area contributed by atoms with Gasteiger partial charge in [0.15, 0.2) is 5.96 Å². The molecule has 0 saturated carbocycles. The molecule has 0 aromatic heterocycles. The Morgan fingerprint density at radius 1 is 1.40 bits per heavy atom. The first-order chi connectivity index (χ1) is 12.1. The number of carbonyl (C=O) groups excluding carboxylic acids is 1. The van der Waals surface area contributed by atoms with Crippen molar-refractivity contribution in [2.45, 2.75) is 39.2 Å². The standard InChI is InChI=1S/C18H27BrN4O2/c1-3-20-18(22-12-15-5-4-10-25-15)21-9-8-17(24)23-16-11-14(19)7-6-13(16)2/h6-7,11,15H,3-5,8-10,12H2,1-2H3,(H,23,24)(H2,20,21,22). The van der Waals surface area contributed by atoms with Gasteiger partial charge in [-0.2, -0.15) is 0 Å². The van der Waals surface area contributed by atoms with E-state index in [1.165, 1.54) is 0 Å². The van der Waals surface area contributed by atoms with Gasteiger partial charge in [-0.15, -0.1) is 0 Å². The summed E-state index contributed by atoms with van der Waals surface area (Å²) in [6.45, 7) is 6.78. The molecule has 3 N–H and O–H groups in total. The molecule has 0 spiro atoms. The van der Waals surface area contributed by atoms with Crippen LogP contribution in [0.2, 0.25) is 0 Å². The highest BCUT2D eigenvalue weighted by Crippen LogP contribution is 2.20. The molecule has 1 fully saturated rings. The molecule has 1 aliphatic rings. The predicted molar refractivity (Wildman–Crippen MR) is 105 cm³/mol. The number of halogens is 1. The number of nitrogens with one attached hydrogen (secondary N) is 3. The average molecular weight is 411 g/mol. The van der Waals surface area contributed by atoms with E-state index < -0.39 is 0 Å². The van der Waals surface area contributed by atoms with Crippen LogP contribution in [0.15, 0.2) is 27.7 Å². The Morgan fingerprint density at radius 3 is 2.96 bits per heavy atom. The lowest BCUT2D eigenvalue weighted by Crippen LogP contribution is -2.39. The van der Waals surface area contributed by atoms with E-state index in [2.05, 4.69) is 36.9 Å². The van der Waals surface area contributed by atoms with Crippen LogP contribution >= 0.6 is 15.9 Å². The molecular weight excluding hydrogens is 384 g/mol. The molecule has 7 heteroatoms. The summed E-state index contributed by atoms with van der Waals surface area (Å²) in [5.41, 5.74) is 1.87. The number of nitrogens with zero attached hydrogens (tertiary/aromatic N) is 1. The minimum absolute atomic E-state index is 0.0244. The van der Waals surface area contributed by atoms with Crippen molar-refractivity contribution in [3.8, 4) is 0 Å². The maximum atomic E-state index is 12.1. The van der Waals surface area contributed by atoms with Gasteiger partial charge in [0.25, 0.3) is 0 Å². The molecule has 6 nitrogen and oxygen atoms in total. The quantitative estimate of drug-likeness (QED) is 0.477. The van der Waals surface area contributed by atoms with E-state index in [4.69, 9.17) is 4.74 Å². The zero-order chi connectivity index (χ0) is 18.1. The minimum Gasteiger partial charge on any atom is -0.376 e. The van der Waals surface area contributed by atoms with Gasteiger partial charge in [-0.1, -0.05) is 22.0 Å². The zero-order valence-corrected chi connectivity index (χ0v) is 16.5. The summed E-state index contributed by atoms with van der Waals surface area (Å²) in [6, 6.07) is 5.84. The summed E-state index contributed by atoms with van der Waals surface area (Å²) in [5.74, 6) is 0.702. The number of hydrogen-bond donors (Lipinski definition) is 3. The SMILES string of the molecule is CCNC(=NCC1CCCO1)NCCC(=O)Nc1cc(Br)ccc1C. The van der Waals surface area contributed by atoms with Crippen molar-refractivity contribution in [1.82, 2.24) is 10.6 Å². The smallest absolute Gasteiger partial charge is 0.226 e. The van der Waals surface area contributed by atoms with Crippen LogP contribution in [-0.2, 0) is 9.53 Å². The molecule has 1 aliphatic heterocycles. The van der Waals surface area contributed by atoms with Gasteiger partial charge in [-0.25, -0.2) is 0 Å². The van der Waals surface area contributed by atoms with E-state index in [9.17, 15) is 4.79 Å². The number of guanidine groups is 1. The molecule has 1 aromatic rings. The van der Waals surface area contributed by atoms with E-state index in [1.807, 2.05) is 32.0 Å². The van der Waals surface area contributed by atoms with Crippen molar-refractivity contribution in [3.63, 3.8) is 0 Å². The summed E-state index contributed by atoms with van der Waals surface area (Å²) in [4.78, 5) is 16.7. The van der Waals surface area contributed by atoms with Crippen LogP contribution in [0.3, 0.4) is 0 Å². The van der Waals surface area contributed by atoms with Crippen LogP contribution in [0, 0.1) is 6.92 Å². The number of aliphatic imine (C=N–C) groups is 1. The lowest BCUT2D eigenvalue weighted by molar-refractivity contribution is -0.116. The third kappa shape index (κ3) is 7.04. The third-order valence-electron chi connectivity index (χ3n) is 3.94. The summed E-state index contributed by atoms with van der Waals surface area (Å²) in [5, 5.41) is 9.34. The maximum Gasteiger partial charge on any atom is 0.226 e. The molecule has 138 valence electrons. The molecule has 0 radical (unpaired) electrons. The van der Waals surface area contributed by atoms with E-state index in [0.717, 1.165) is 47.7 Å². The number of rotatable bonds is 7. The number of anilines is 1. The van der Waals surface area contributed by atoms with Gasteiger partial charge in [0.1, 0.15) is 0 Å². The van der Waals surface area contributed by atoms with Crippen molar-refractivity contribution in [2.24, 2.45) is 4.99 Å². The summed E-state index contributed by atoms with van der Waals surface area (Å²) >= 11 is 3.42. The van der Waals surface area contributed by atoms with Gasteiger partial charge >= 0.3 is 0 Å². The number of carbonyl (C=O) groups is 1. The van der Waals surface area contributed by atoms with Crippen molar-refractivity contribution >= 4 is 33.5 Å². The van der Waals surface area contributed by atoms with Crippen LogP contribution in [0.1, 0.15) is 31.7 Å². The third-order valence-corrected chi connectivity index (χ3v) is 4.43. The van der Waals surface area contributed by atoms with Crippen LogP contribution in [0.25, 0.3) is 0 Å². The van der Waals surface area contributed by atoms with Gasteiger partial charge in [0.05, 0.1) is 12.6 Å². The first-order valence-corrected chi connectivity index (χ1v) is 9.57. The molecule has 1 aromatic carbocycles. The Kier molecular flexibility index (Phi) is 8.21. The number of hydrogen-bond acceptors (Lipinski definition) is 3. The first-order valence-electron chi connectivity index (χ1n) is 8.78. The Morgan fingerprint density at radius 2 is 2.24 bits per heavy atom. The number of amides is 1. The molecule has 1 heterocycles. The Hall–Kier alpha value is -1.60. The average Bonchev–Trinajstić information content (AvgIpc) is 3.09. The van der Waals surface area contributed by atoms with Gasteiger partial charge in [0, 0.05) is 36.3 Å². The van der Waals surface area contributed by atoms with E-state index in [1.54, 1.807) is 0 Å². The maximum absolute atomic E-state index is 12.1. The lowest BCUT2D eigenvalue weighted by atomic mass is 10.2. The molecule has 1 unspecified atom stereocenters. The molecule has 1 saturated heterocycles. The van der Waals surface area contributed by atoms with Gasteiger partial charge in [-0.05, 0) is 44.4 Å². The lowest BCUT2D eigenvalue weighted by Gasteiger charge is -2.13. The van der Waals surface area contributed by atoms with E-state index >= 15 is 0 Å². The highest BCUT2D eigenvalue weighted by molar-refractivity contribution is 9.10. The van der Waals surface area contributed by atoms with Crippen LogP contribution in [-0.4, -0.2) is 44.2 Å². The largest absolute Gasteiger partial charge is 0.376 e. The van der Waals surface area contributed by atoms with Crippen LogP contribution < -0.4 is 16.0 Å². The fourth-order valence-electron chi connectivity index (χ4n) is 2.56. The summed E-state index contributed by atoms with van der Waals surface area (Å²) < 4.78 is 6.53. The van der Waals surface area contributed by atoms with Gasteiger partial charge in [-0.3, -0.25) is 9.79 Å². The number of aryl methyl sites for hydroxylation is 1. The van der Waals surface area contributed by atoms with Crippen LogP contribution in [0.5, 0.6) is 0 Å². The Bertz CT molecular complexity index is 601. The summed E-state index contributed by atoms with van der Waals surface area (Å²) in [7, 11) is 0. The Balaban J connectivity index is 1.77. The molecule has 2 rings (SSSR count). The fraction of sp³-hybridized carbons (Fsp3) is 0.556. The van der Waals surface area contributed by atoms with Crippen molar-refractivity contribution in [2.75, 3.05) is 31.6 Å². The fourth-order valence-corrected chi connectivity index (χ4v) is 2.92. The van der Waals surface area contributed by atoms with Crippen molar-refractivity contribution < 1.29 is 9.53 Å². The van der Waals surface area contributed by atoms with Crippen molar-refractivity contribution in [3.05, 3.63) is 28.2 Å². The van der Waals surface area contributed by atoms with Gasteiger partial charge in [0.2, 0.25) is 5.91 Å². The molecule has 1 amide bonds. The second-order valence-electron chi connectivity index (χ2n) is 6.04. The molecule has 25 heavy (non-hydrogen) atoms. The Labute approximate surface area is 157 Å². The highest BCUT2D eigenvalue weighted by atomic mass is 79.9. The molecule has 1 atom stereocenters. The number of benzene rings is 1. The second kappa shape index (κ2) is 10.4. The second-order valence-corrected chi connectivity index (χ2v) is 6.95. The highest BCUT2D eigenvalue weighted by Gasteiger charge is 2.15. The predicted octanol–water partition coefficient (Wildman–Crippen LogP) is 2.82. The van der Waals surface area contributed by atoms with E-state index in [0.29, 0.717) is 19.5 Å². The molecule has 0 aliphatic carbocycles. The summed E-state index contributed by atoms with van der Waals surface area (Å²) in [6.07, 6.45) is 2.77. The van der Waals surface area contributed by atoms with Crippen LogP contribution in [0.4, 0.5) is 5.69 Å².